The number of rotatable bonds is 5. The summed E-state index contributed by atoms with van der Waals surface area (Å²) in [6, 6.07) is 0.112. The van der Waals surface area contributed by atoms with Crippen molar-refractivity contribution in [2.75, 3.05) is 5.32 Å². The number of nitrogens with two attached hydrogens (primary N) is 1. The van der Waals surface area contributed by atoms with Gasteiger partial charge in [-0.25, -0.2) is 4.68 Å². The van der Waals surface area contributed by atoms with Gasteiger partial charge in [-0.05, 0) is 39.5 Å². The van der Waals surface area contributed by atoms with Gasteiger partial charge in [0, 0.05) is 18.5 Å². The molecule has 1 amide bonds. The summed E-state index contributed by atoms with van der Waals surface area (Å²) in [6.45, 7) is 4.10. The van der Waals surface area contributed by atoms with E-state index in [2.05, 4.69) is 10.4 Å². The largest absolute Gasteiger partial charge is 0.369 e. The first-order valence-corrected chi connectivity index (χ1v) is 7.21. The highest BCUT2D eigenvalue weighted by Crippen LogP contribution is 2.32. The van der Waals surface area contributed by atoms with Crippen LogP contribution in [0.3, 0.4) is 0 Å². The van der Waals surface area contributed by atoms with Gasteiger partial charge in [-0.2, -0.15) is 5.10 Å². The van der Waals surface area contributed by atoms with Gasteiger partial charge in [-0.3, -0.25) is 14.9 Å². The molecule has 8 nitrogen and oxygen atoms in total. The zero-order valence-electron chi connectivity index (χ0n) is 12.3. The molecular weight excluding hydrogens is 274 g/mol. The molecule has 1 aliphatic rings. The second-order valence-corrected chi connectivity index (χ2v) is 5.45. The van der Waals surface area contributed by atoms with Gasteiger partial charge in [-0.1, -0.05) is 0 Å². The zero-order valence-corrected chi connectivity index (χ0v) is 12.3. The molecular formula is C13H21N5O3. The topological polar surface area (TPSA) is 116 Å². The average molecular weight is 295 g/mol. The molecule has 1 aromatic heterocycles. The Kier molecular flexibility index (Phi) is 4.44. The number of nitro groups is 1. The molecule has 116 valence electrons. The van der Waals surface area contributed by atoms with Crippen LogP contribution >= 0.6 is 0 Å². The van der Waals surface area contributed by atoms with E-state index in [1.54, 1.807) is 11.6 Å². The summed E-state index contributed by atoms with van der Waals surface area (Å²) in [4.78, 5) is 22.0. The van der Waals surface area contributed by atoms with Crippen LogP contribution in [0.4, 0.5) is 11.5 Å². The third-order valence-electron chi connectivity index (χ3n) is 4.05. The summed E-state index contributed by atoms with van der Waals surface area (Å²) in [5.74, 6) is 0.132. The van der Waals surface area contributed by atoms with Crippen LogP contribution in [-0.4, -0.2) is 26.7 Å². The average Bonchev–Trinajstić information content (AvgIpc) is 2.75. The summed E-state index contributed by atoms with van der Waals surface area (Å²) >= 11 is 0. The Morgan fingerprint density at radius 3 is 2.57 bits per heavy atom. The molecule has 1 heterocycles. The summed E-state index contributed by atoms with van der Waals surface area (Å²) in [5, 5.41) is 18.6. The molecule has 0 saturated heterocycles. The fourth-order valence-corrected chi connectivity index (χ4v) is 2.88. The monoisotopic (exact) mass is 295 g/mol. The number of carbonyl (C=O) groups excluding carboxylic acids is 1. The van der Waals surface area contributed by atoms with E-state index in [4.69, 9.17) is 5.73 Å². The second kappa shape index (κ2) is 6.11. The highest BCUT2D eigenvalue weighted by molar-refractivity contribution is 5.76. The number of anilines is 1. The maximum atomic E-state index is 11.2. The lowest BCUT2D eigenvalue weighted by Crippen LogP contribution is -2.33. The Morgan fingerprint density at radius 2 is 2.10 bits per heavy atom. The van der Waals surface area contributed by atoms with Crippen LogP contribution in [0.2, 0.25) is 0 Å². The lowest BCUT2D eigenvalue weighted by molar-refractivity contribution is -0.384. The number of amides is 1. The van der Waals surface area contributed by atoms with Crippen LogP contribution in [0.15, 0.2) is 0 Å². The van der Waals surface area contributed by atoms with Gasteiger partial charge < -0.3 is 11.1 Å². The minimum atomic E-state index is -0.397. The van der Waals surface area contributed by atoms with Crippen LogP contribution in [0, 0.1) is 23.0 Å². The standard InChI is InChI=1S/C13H21N5O3/c1-3-17-13(11(18(20)21)8(2)16-17)15-10-6-4-9(5-7-10)12(14)19/h9-10,15H,3-7H2,1-2H3,(H2,14,19). The third kappa shape index (κ3) is 3.14. The highest BCUT2D eigenvalue weighted by atomic mass is 16.6. The first kappa shape index (κ1) is 15.3. The fourth-order valence-electron chi connectivity index (χ4n) is 2.88. The zero-order chi connectivity index (χ0) is 15.6. The van der Waals surface area contributed by atoms with Gasteiger partial charge in [0.15, 0.2) is 0 Å². The lowest BCUT2D eigenvalue weighted by atomic mass is 9.85. The van der Waals surface area contributed by atoms with Crippen molar-refractivity contribution in [3.63, 3.8) is 0 Å². The molecule has 0 atom stereocenters. The Morgan fingerprint density at radius 1 is 1.48 bits per heavy atom. The summed E-state index contributed by atoms with van der Waals surface area (Å²) in [7, 11) is 0. The van der Waals surface area contributed by atoms with E-state index in [0.717, 1.165) is 25.7 Å². The predicted octanol–water partition coefficient (Wildman–Crippen LogP) is 1.58. The van der Waals surface area contributed by atoms with Crippen LogP contribution in [-0.2, 0) is 11.3 Å². The molecule has 1 aliphatic carbocycles. The van der Waals surface area contributed by atoms with E-state index in [1.165, 1.54) is 0 Å². The van der Waals surface area contributed by atoms with Crippen molar-refractivity contribution < 1.29 is 9.72 Å². The van der Waals surface area contributed by atoms with Crippen LogP contribution < -0.4 is 11.1 Å². The Balaban J connectivity index is 2.13. The number of aromatic nitrogens is 2. The van der Waals surface area contributed by atoms with Gasteiger partial charge in [0.1, 0.15) is 5.69 Å². The van der Waals surface area contributed by atoms with Gasteiger partial charge >= 0.3 is 5.69 Å². The first-order valence-electron chi connectivity index (χ1n) is 7.21. The number of nitrogens with one attached hydrogen (secondary N) is 1. The summed E-state index contributed by atoms with van der Waals surface area (Å²) < 4.78 is 1.62. The maximum Gasteiger partial charge on any atom is 0.333 e. The van der Waals surface area contributed by atoms with Crippen LogP contribution in [0.1, 0.15) is 38.3 Å². The van der Waals surface area contributed by atoms with Crippen LogP contribution in [0.5, 0.6) is 0 Å². The minimum absolute atomic E-state index is 0.0360. The van der Waals surface area contributed by atoms with Crippen molar-refractivity contribution in [2.24, 2.45) is 11.7 Å². The van der Waals surface area contributed by atoms with E-state index in [1.807, 2.05) is 6.92 Å². The number of nitrogens with zero attached hydrogens (tertiary/aromatic N) is 3. The van der Waals surface area contributed by atoms with Crippen molar-refractivity contribution in [2.45, 2.75) is 52.1 Å². The number of primary amides is 1. The minimum Gasteiger partial charge on any atom is -0.369 e. The Hall–Kier alpha value is -2.12. The van der Waals surface area contributed by atoms with Gasteiger partial charge in [-0.15, -0.1) is 0 Å². The third-order valence-corrected chi connectivity index (χ3v) is 4.05. The highest BCUT2D eigenvalue weighted by Gasteiger charge is 2.29. The van der Waals surface area contributed by atoms with Gasteiger partial charge in [0.05, 0.1) is 4.92 Å². The lowest BCUT2D eigenvalue weighted by Gasteiger charge is -2.27. The number of hydrogen-bond acceptors (Lipinski definition) is 5. The van der Waals surface area contributed by atoms with Crippen molar-refractivity contribution in [1.82, 2.24) is 9.78 Å². The molecule has 3 N–H and O–H groups in total. The second-order valence-electron chi connectivity index (χ2n) is 5.45. The molecule has 0 bridgehead atoms. The predicted molar refractivity (Wildman–Crippen MR) is 77.9 cm³/mol. The van der Waals surface area contributed by atoms with Crippen molar-refractivity contribution in [3.8, 4) is 0 Å². The smallest absolute Gasteiger partial charge is 0.333 e. The first-order chi connectivity index (χ1) is 9.93. The fraction of sp³-hybridized carbons (Fsp3) is 0.692. The van der Waals surface area contributed by atoms with E-state index in [-0.39, 0.29) is 23.6 Å². The maximum absolute atomic E-state index is 11.2. The molecule has 1 fully saturated rings. The van der Waals surface area contributed by atoms with Crippen molar-refractivity contribution in [1.29, 1.82) is 0 Å². The molecule has 21 heavy (non-hydrogen) atoms. The van der Waals surface area contributed by atoms with Crippen molar-refractivity contribution >= 4 is 17.4 Å². The van der Waals surface area contributed by atoms with Crippen LogP contribution in [0.25, 0.3) is 0 Å². The molecule has 0 unspecified atom stereocenters. The Labute approximate surface area is 122 Å². The van der Waals surface area contributed by atoms with E-state index >= 15 is 0 Å². The molecule has 2 rings (SSSR count). The summed E-state index contributed by atoms with van der Waals surface area (Å²) in [6.07, 6.45) is 3.00. The number of carbonyl (C=O) groups is 1. The molecule has 0 radical (unpaired) electrons. The molecule has 0 aliphatic heterocycles. The molecule has 0 aromatic carbocycles. The number of aryl methyl sites for hydroxylation is 2. The molecule has 0 spiro atoms. The van der Waals surface area contributed by atoms with Gasteiger partial charge in [0.25, 0.3) is 0 Å². The molecule has 1 saturated carbocycles. The van der Waals surface area contributed by atoms with Gasteiger partial charge in [0.2, 0.25) is 11.7 Å². The molecule has 8 heteroatoms. The van der Waals surface area contributed by atoms with E-state index < -0.39 is 4.92 Å². The van der Waals surface area contributed by atoms with Crippen molar-refractivity contribution in [3.05, 3.63) is 15.8 Å². The molecule has 1 aromatic rings. The van der Waals surface area contributed by atoms with E-state index in [0.29, 0.717) is 18.1 Å². The van der Waals surface area contributed by atoms with E-state index in [9.17, 15) is 14.9 Å². The number of hydrogen-bond donors (Lipinski definition) is 2. The Bertz CT molecular complexity index is 546. The SMILES string of the molecule is CCn1nc(C)c([N+](=O)[O-])c1NC1CCC(C(N)=O)CC1. The quantitative estimate of drug-likeness (QED) is 0.632. The normalized spacial score (nSPS) is 22.0. The summed E-state index contributed by atoms with van der Waals surface area (Å²) in [5.41, 5.74) is 5.76.